The van der Waals surface area contributed by atoms with Crippen molar-refractivity contribution in [3.8, 4) is 16.3 Å². The van der Waals surface area contributed by atoms with E-state index in [1.165, 1.54) is 16.2 Å². The molecule has 3 aromatic heterocycles. The second kappa shape index (κ2) is 15.7. The number of carbonyl (C=O) groups is 4. The van der Waals surface area contributed by atoms with E-state index in [-0.39, 0.29) is 25.5 Å². The maximum Gasteiger partial charge on any atom is 0.408 e. The van der Waals surface area contributed by atoms with Gasteiger partial charge in [-0.2, -0.15) is 0 Å². The van der Waals surface area contributed by atoms with E-state index in [4.69, 9.17) is 18.9 Å². The number of alkyl carbamates (subject to hydrolysis) is 1. The third-order valence-electron chi connectivity index (χ3n) is 12.1. The average molecular weight is 830 g/mol. The lowest BCUT2D eigenvalue weighted by Gasteiger charge is -2.30. The van der Waals surface area contributed by atoms with Gasteiger partial charge >= 0.3 is 6.09 Å². The smallest absolute Gasteiger partial charge is 0.408 e. The van der Waals surface area contributed by atoms with Gasteiger partial charge in [-0.3, -0.25) is 19.1 Å². The molecule has 5 aliphatic rings. The minimum absolute atomic E-state index is 0.0102. The number of para-hydroxylation sites is 1. The summed E-state index contributed by atoms with van der Waals surface area (Å²) in [4.78, 5) is 63.7. The van der Waals surface area contributed by atoms with Crippen LogP contribution in [0.2, 0.25) is 0 Å². The molecule has 2 aliphatic heterocycles. The summed E-state index contributed by atoms with van der Waals surface area (Å²) in [5.74, 6) is -1.89. The van der Waals surface area contributed by atoms with E-state index in [9.17, 15) is 27.6 Å². The van der Waals surface area contributed by atoms with Crippen molar-refractivity contribution in [3.05, 3.63) is 60.0 Å². The van der Waals surface area contributed by atoms with E-state index in [0.717, 1.165) is 48.8 Å². The number of allylic oxidation sites excluding steroid dienone is 1. The number of amides is 4. The van der Waals surface area contributed by atoms with Gasteiger partial charge < -0.3 is 29.4 Å². The minimum Gasteiger partial charge on any atom is -0.484 e. The Bertz CT molecular complexity index is 2370. The molecule has 306 valence electrons. The summed E-state index contributed by atoms with van der Waals surface area (Å²) in [6.45, 7) is -0.0102. The number of ether oxygens (including phenoxy) is 2. The van der Waals surface area contributed by atoms with Crippen molar-refractivity contribution in [1.82, 2.24) is 25.2 Å². The number of rotatable bonds is 8. The topological polar surface area (TPSA) is 186 Å². The van der Waals surface area contributed by atoms with Gasteiger partial charge in [-0.05, 0) is 87.8 Å². The molecule has 0 spiro atoms. The first-order valence-electron chi connectivity index (χ1n) is 20.4. The molecular formula is C42H47N5O9S2. The van der Waals surface area contributed by atoms with E-state index in [0.29, 0.717) is 60.2 Å². The maximum atomic E-state index is 14.7. The zero-order chi connectivity index (χ0) is 40.0. The van der Waals surface area contributed by atoms with Crippen LogP contribution in [0.5, 0.6) is 5.75 Å². The molecule has 9 rings (SSSR count). The third-order valence-corrected chi connectivity index (χ3v) is 14.8. The number of sulfonamides is 1. The van der Waals surface area contributed by atoms with Crippen molar-refractivity contribution in [2.24, 2.45) is 5.92 Å². The number of nitrogens with zero attached hydrogens (tertiary/aromatic N) is 2. The Morgan fingerprint density at radius 1 is 0.983 bits per heavy atom. The molecule has 0 bridgehead atoms. The third kappa shape index (κ3) is 7.80. The lowest BCUT2D eigenvalue weighted by molar-refractivity contribution is -0.141. The van der Waals surface area contributed by atoms with Gasteiger partial charge in [0.05, 0.1) is 22.4 Å². The number of hydrogen-bond donors (Lipinski definition) is 3. The van der Waals surface area contributed by atoms with E-state index in [1.54, 1.807) is 6.07 Å². The van der Waals surface area contributed by atoms with Crippen LogP contribution in [0.4, 0.5) is 4.79 Å². The zero-order valence-electron chi connectivity index (χ0n) is 32.0. The number of furan rings is 1. The van der Waals surface area contributed by atoms with E-state index < -0.39 is 68.7 Å². The summed E-state index contributed by atoms with van der Waals surface area (Å²) in [7, 11) is -3.90. The van der Waals surface area contributed by atoms with Crippen molar-refractivity contribution < 1.29 is 41.5 Å². The Morgan fingerprint density at radius 3 is 2.59 bits per heavy atom. The quantitative estimate of drug-likeness (QED) is 0.175. The molecule has 0 radical (unpaired) electrons. The van der Waals surface area contributed by atoms with Crippen LogP contribution in [0, 0.1) is 5.92 Å². The summed E-state index contributed by atoms with van der Waals surface area (Å²) in [6, 6.07) is 11.2. The lowest BCUT2D eigenvalue weighted by Crippen LogP contribution is -2.58. The zero-order valence-corrected chi connectivity index (χ0v) is 33.7. The molecule has 3 aliphatic carbocycles. The first kappa shape index (κ1) is 38.6. The van der Waals surface area contributed by atoms with Crippen LogP contribution >= 0.6 is 11.3 Å². The van der Waals surface area contributed by atoms with Crippen LogP contribution in [0.3, 0.4) is 0 Å². The monoisotopic (exact) mass is 829 g/mol. The number of thiophene rings is 1. The Labute approximate surface area is 340 Å². The predicted molar refractivity (Wildman–Crippen MR) is 216 cm³/mol. The van der Waals surface area contributed by atoms with Crippen LogP contribution in [-0.4, -0.2) is 83.7 Å². The molecule has 4 amide bonds. The fourth-order valence-electron chi connectivity index (χ4n) is 8.65. The van der Waals surface area contributed by atoms with Crippen LogP contribution in [-0.2, 0) is 29.1 Å². The molecule has 4 aromatic rings. The number of fused-ring (bicyclic) bond motifs is 5. The number of carbonyl (C=O) groups excluding carboxylic acids is 4. The van der Waals surface area contributed by atoms with Gasteiger partial charge in [0.15, 0.2) is 11.3 Å². The molecule has 0 unspecified atom stereocenters. The number of hydrogen-bond acceptors (Lipinski definition) is 11. The fourth-order valence-corrected chi connectivity index (χ4v) is 10.7. The SMILES string of the molecule is O=C(N[C@H]1CCCCC/C=C\[C@@H]2C[C@@]2(C(=O)NS(=O)(=O)C2CC2)NC(=O)[C@@H]2C[C@@H](Oc3cc(-c4cccs4)nc4c3oc3ccccc34)CN2C1=O)OC1CCCC1. The van der Waals surface area contributed by atoms with Crippen molar-refractivity contribution in [2.45, 2.75) is 119 Å². The van der Waals surface area contributed by atoms with E-state index in [2.05, 4.69) is 15.4 Å². The van der Waals surface area contributed by atoms with Gasteiger partial charge in [0.25, 0.3) is 5.91 Å². The highest BCUT2D eigenvalue weighted by atomic mass is 32.2. The van der Waals surface area contributed by atoms with Crippen molar-refractivity contribution >= 4 is 67.2 Å². The highest BCUT2D eigenvalue weighted by Crippen LogP contribution is 2.46. The summed E-state index contributed by atoms with van der Waals surface area (Å²) >= 11 is 1.53. The largest absolute Gasteiger partial charge is 0.484 e. The molecule has 16 heteroatoms. The second-order valence-corrected chi connectivity index (χ2v) is 19.2. The molecule has 1 saturated heterocycles. The van der Waals surface area contributed by atoms with Gasteiger partial charge in [-0.25, -0.2) is 18.2 Å². The molecule has 3 saturated carbocycles. The average Bonchev–Trinajstić information content (AvgIpc) is 3.81. The van der Waals surface area contributed by atoms with Crippen LogP contribution in [0.25, 0.3) is 32.6 Å². The number of nitrogens with one attached hydrogen (secondary N) is 3. The van der Waals surface area contributed by atoms with Crippen LogP contribution in [0.15, 0.2) is 64.4 Å². The molecule has 3 N–H and O–H groups in total. The summed E-state index contributed by atoms with van der Waals surface area (Å²) in [5.41, 5.74) is 0.845. The Balaban J connectivity index is 1.04. The second-order valence-electron chi connectivity index (χ2n) is 16.3. The van der Waals surface area contributed by atoms with Crippen molar-refractivity contribution in [3.63, 3.8) is 0 Å². The molecule has 14 nitrogen and oxygen atoms in total. The highest BCUT2D eigenvalue weighted by Gasteiger charge is 2.62. The fraction of sp³-hybridized carbons (Fsp3) is 0.500. The van der Waals surface area contributed by atoms with Gasteiger partial charge in [-0.15, -0.1) is 11.3 Å². The van der Waals surface area contributed by atoms with Crippen LogP contribution in [0.1, 0.15) is 83.5 Å². The highest BCUT2D eigenvalue weighted by molar-refractivity contribution is 7.91. The minimum atomic E-state index is -3.90. The molecule has 4 fully saturated rings. The predicted octanol–water partition coefficient (Wildman–Crippen LogP) is 6.10. The Morgan fingerprint density at radius 2 is 1.79 bits per heavy atom. The Hall–Kier alpha value is -4.96. The summed E-state index contributed by atoms with van der Waals surface area (Å²) < 4.78 is 46.8. The van der Waals surface area contributed by atoms with Crippen LogP contribution < -0.4 is 20.1 Å². The molecule has 1 aromatic carbocycles. The van der Waals surface area contributed by atoms with Gasteiger partial charge in [0, 0.05) is 23.8 Å². The first-order chi connectivity index (χ1) is 28.1. The number of benzene rings is 1. The van der Waals surface area contributed by atoms with Gasteiger partial charge in [0.2, 0.25) is 21.8 Å². The summed E-state index contributed by atoms with van der Waals surface area (Å²) in [5, 5.41) is 7.90. The normalized spacial score (nSPS) is 27.6. The maximum absolute atomic E-state index is 14.7. The molecule has 5 atom stereocenters. The van der Waals surface area contributed by atoms with Gasteiger partial charge in [-0.1, -0.05) is 43.2 Å². The number of aromatic nitrogens is 1. The first-order valence-corrected chi connectivity index (χ1v) is 22.9. The Kier molecular flexibility index (Phi) is 10.4. The molecular weight excluding hydrogens is 783 g/mol. The van der Waals surface area contributed by atoms with Crippen molar-refractivity contribution in [1.29, 1.82) is 0 Å². The molecule has 5 heterocycles. The number of pyridine rings is 1. The standard InChI is InChI=1S/C42H47N5O9S2/c48-38-32-21-27(54-34-22-31(35-17-10-20-57-35)43-36-29-14-8-9-16-33(29)56-37(34)36)24-47(32)39(49)30(44-41(51)55-26-12-6-7-13-26)15-5-3-1-2-4-11-25-23-42(25,45-38)40(50)46-58(52,53)28-18-19-28/h4,8-11,14,16-17,20,22,25-28,30,32H,1-3,5-7,12-13,15,18-19,21,23-24H2,(H,44,51)(H,45,48)(H,46,50)/b11-4-/t25-,27-,30+,32+,42-/m1/s1. The summed E-state index contributed by atoms with van der Waals surface area (Å²) in [6.07, 6.45) is 10.2. The van der Waals surface area contributed by atoms with E-state index >= 15 is 0 Å². The lowest BCUT2D eigenvalue weighted by atomic mass is 10.0. The van der Waals surface area contributed by atoms with Crippen molar-refractivity contribution in [2.75, 3.05) is 6.54 Å². The van der Waals surface area contributed by atoms with Gasteiger partial charge in [0.1, 0.15) is 40.9 Å². The molecule has 58 heavy (non-hydrogen) atoms. The van der Waals surface area contributed by atoms with E-state index in [1.807, 2.05) is 53.9 Å².